The number of hydrogen-bond donors (Lipinski definition) is 1. The zero-order valence-corrected chi connectivity index (χ0v) is 10.9. The maximum absolute atomic E-state index is 10.9. The van der Waals surface area contributed by atoms with E-state index >= 15 is 0 Å². The van der Waals surface area contributed by atoms with E-state index in [1.165, 1.54) is 0 Å². The van der Waals surface area contributed by atoms with Crippen LogP contribution in [0.2, 0.25) is 0 Å². The lowest BCUT2D eigenvalue weighted by atomic mass is 10.2. The predicted octanol–water partition coefficient (Wildman–Crippen LogP) is 0.0108. The molecule has 1 unspecified atom stereocenters. The molecular formula is C12H20N4O2. The second-order valence-corrected chi connectivity index (χ2v) is 4.78. The Kier molecular flexibility index (Phi) is 3.98. The van der Waals surface area contributed by atoms with E-state index in [2.05, 4.69) is 9.88 Å². The number of imidazole rings is 1. The molecule has 1 saturated heterocycles. The standard InChI is InChI=1S/C12H20N4O2/c1-10(12(17)18)16-7-5-15(6-8-16)9-11-13-3-4-14(11)2/h3-4,10H,5-9H2,1-2H3,(H,17,18). The zero-order valence-electron chi connectivity index (χ0n) is 10.9. The number of piperazine rings is 1. The van der Waals surface area contributed by atoms with Gasteiger partial charge in [-0.25, -0.2) is 4.98 Å². The van der Waals surface area contributed by atoms with Crippen LogP contribution in [0.4, 0.5) is 0 Å². The van der Waals surface area contributed by atoms with Gasteiger partial charge in [0.1, 0.15) is 11.9 Å². The van der Waals surface area contributed by atoms with Crippen molar-refractivity contribution in [3.05, 3.63) is 18.2 Å². The molecule has 1 aromatic rings. The summed E-state index contributed by atoms with van der Waals surface area (Å²) in [6, 6.07) is -0.389. The number of nitrogens with zero attached hydrogens (tertiary/aromatic N) is 4. The molecule has 1 aliphatic rings. The number of carbonyl (C=O) groups is 1. The number of carboxylic acid groups (broad SMARTS) is 1. The van der Waals surface area contributed by atoms with Gasteiger partial charge in [0.2, 0.25) is 0 Å². The molecule has 0 saturated carbocycles. The molecular weight excluding hydrogens is 232 g/mol. The van der Waals surface area contributed by atoms with Gasteiger partial charge in [-0.05, 0) is 6.92 Å². The van der Waals surface area contributed by atoms with Crippen LogP contribution in [0.25, 0.3) is 0 Å². The number of aliphatic carboxylic acids is 1. The van der Waals surface area contributed by atoms with E-state index in [-0.39, 0.29) is 6.04 Å². The highest BCUT2D eigenvalue weighted by molar-refractivity contribution is 5.72. The Bertz CT molecular complexity index is 410. The number of hydrogen-bond acceptors (Lipinski definition) is 4. The van der Waals surface area contributed by atoms with E-state index in [0.717, 1.165) is 38.5 Å². The Morgan fingerprint density at radius 3 is 2.61 bits per heavy atom. The molecule has 0 aromatic carbocycles. The van der Waals surface area contributed by atoms with Crippen LogP contribution in [0.1, 0.15) is 12.7 Å². The van der Waals surface area contributed by atoms with Crippen molar-refractivity contribution in [2.75, 3.05) is 26.2 Å². The van der Waals surface area contributed by atoms with Gasteiger partial charge in [0.05, 0.1) is 6.54 Å². The average molecular weight is 252 g/mol. The van der Waals surface area contributed by atoms with Crippen LogP contribution in [0, 0.1) is 0 Å². The van der Waals surface area contributed by atoms with Crippen molar-refractivity contribution in [1.82, 2.24) is 19.4 Å². The fourth-order valence-corrected chi connectivity index (χ4v) is 2.21. The van der Waals surface area contributed by atoms with Crippen LogP contribution in [-0.4, -0.2) is 62.6 Å². The third-order valence-electron chi connectivity index (χ3n) is 3.60. The van der Waals surface area contributed by atoms with Crippen LogP contribution < -0.4 is 0 Å². The van der Waals surface area contributed by atoms with E-state index in [0.29, 0.717) is 0 Å². The molecule has 6 nitrogen and oxygen atoms in total. The van der Waals surface area contributed by atoms with Crippen molar-refractivity contribution in [3.8, 4) is 0 Å². The largest absolute Gasteiger partial charge is 0.480 e. The van der Waals surface area contributed by atoms with Crippen LogP contribution >= 0.6 is 0 Å². The molecule has 2 rings (SSSR count). The fourth-order valence-electron chi connectivity index (χ4n) is 2.21. The molecule has 1 atom stereocenters. The van der Waals surface area contributed by atoms with Crippen molar-refractivity contribution in [2.24, 2.45) is 7.05 Å². The first kappa shape index (κ1) is 13.0. The van der Waals surface area contributed by atoms with Gasteiger partial charge in [-0.2, -0.15) is 0 Å². The SMILES string of the molecule is CC(C(=O)O)N1CCN(Cc2nccn2C)CC1. The summed E-state index contributed by atoms with van der Waals surface area (Å²) in [5, 5.41) is 8.98. The zero-order chi connectivity index (χ0) is 13.1. The van der Waals surface area contributed by atoms with Gasteiger partial charge in [0, 0.05) is 45.6 Å². The van der Waals surface area contributed by atoms with Crippen molar-refractivity contribution in [3.63, 3.8) is 0 Å². The molecule has 1 fully saturated rings. The lowest BCUT2D eigenvalue weighted by molar-refractivity contribution is -0.143. The van der Waals surface area contributed by atoms with Gasteiger partial charge in [-0.15, -0.1) is 0 Å². The monoisotopic (exact) mass is 252 g/mol. The van der Waals surface area contributed by atoms with E-state index in [4.69, 9.17) is 5.11 Å². The maximum Gasteiger partial charge on any atom is 0.320 e. The molecule has 0 aliphatic carbocycles. The lowest BCUT2D eigenvalue weighted by Crippen LogP contribution is -2.51. The number of aryl methyl sites for hydroxylation is 1. The van der Waals surface area contributed by atoms with Gasteiger partial charge in [-0.1, -0.05) is 0 Å². The Balaban J connectivity index is 1.84. The smallest absolute Gasteiger partial charge is 0.320 e. The first-order valence-corrected chi connectivity index (χ1v) is 6.23. The molecule has 6 heteroatoms. The molecule has 0 spiro atoms. The Morgan fingerprint density at radius 2 is 2.11 bits per heavy atom. The lowest BCUT2D eigenvalue weighted by Gasteiger charge is -2.36. The van der Waals surface area contributed by atoms with Crippen molar-refractivity contribution in [2.45, 2.75) is 19.5 Å². The topological polar surface area (TPSA) is 61.6 Å². The van der Waals surface area contributed by atoms with E-state index in [9.17, 15) is 4.79 Å². The number of rotatable bonds is 4. The maximum atomic E-state index is 10.9. The van der Waals surface area contributed by atoms with Crippen LogP contribution in [0.3, 0.4) is 0 Å². The molecule has 1 aliphatic heterocycles. The second-order valence-electron chi connectivity index (χ2n) is 4.78. The third-order valence-corrected chi connectivity index (χ3v) is 3.60. The van der Waals surface area contributed by atoms with E-state index in [1.54, 1.807) is 13.1 Å². The van der Waals surface area contributed by atoms with Gasteiger partial charge in [0.25, 0.3) is 0 Å². The normalized spacial score (nSPS) is 19.9. The first-order valence-electron chi connectivity index (χ1n) is 6.23. The van der Waals surface area contributed by atoms with Crippen molar-refractivity contribution in [1.29, 1.82) is 0 Å². The Labute approximate surface area is 107 Å². The minimum absolute atomic E-state index is 0.389. The fraction of sp³-hybridized carbons (Fsp3) is 0.667. The van der Waals surface area contributed by atoms with Gasteiger partial charge >= 0.3 is 5.97 Å². The van der Waals surface area contributed by atoms with Gasteiger partial charge in [0.15, 0.2) is 0 Å². The first-order chi connectivity index (χ1) is 8.58. The number of carboxylic acids is 1. The summed E-state index contributed by atoms with van der Waals surface area (Å²) in [5.74, 6) is 0.308. The summed E-state index contributed by atoms with van der Waals surface area (Å²) in [5.41, 5.74) is 0. The van der Waals surface area contributed by atoms with Crippen molar-refractivity contribution < 1.29 is 9.90 Å². The molecule has 18 heavy (non-hydrogen) atoms. The third kappa shape index (κ3) is 2.88. The van der Waals surface area contributed by atoms with E-state index < -0.39 is 5.97 Å². The quantitative estimate of drug-likeness (QED) is 0.818. The molecule has 0 amide bonds. The van der Waals surface area contributed by atoms with Gasteiger partial charge < -0.3 is 9.67 Å². The minimum Gasteiger partial charge on any atom is -0.480 e. The minimum atomic E-state index is -0.743. The average Bonchev–Trinajstić information content (AvgIpc) is 2.75. The van der Waals surface area contributed by atoms with E-state index in [1.807, 2.05) is 22.7 Å². The Hall–Kier alpha value is -1.40. The predicted molar refractivity (Wildman–Crippen MR) is 67.2 cm³/mol. The van der Waals surface area contributed by atoms with Crippen LogP contribution in [0.15, 0.2) is 12.4 Å². The summed E-state index contributed by atoms with van der Waals surface area (Å²) in [4.78, 5) is 19.5. The highest BCUT2D eigenvalue weighted by Gasteiger charge is 2.25. The molecule has 0 radical (unpaired) electrons. The highest BCUT2D eigenvalue weighted by Crippen LogP contribution is 2.09. The summed E-state index contributed by atoms with van der Waals surface area (Å²) in [6.07, 6.45) is 3.75. The second kappa shape index (κ2) is 5.49. The van der Waals surface area contributed by atoms with Crippen LogP contribution in [-0.2, 0) is 18.4 Å². The summed E-state index contributed by atoms with van der Waals surface area (Å²) in [7, 11) is 1.99. The Morgan fingerprint density at radius 1 is 1.44 bits per heavy atom. The highest BCUT2D eigenvalue weighted by atomic mass is 16.4. The summed E-state index contributed by atoms with van der Waals surface area (Å²) in [6.45, 7) is 5.97. The van der Waals surface area contributed by atoms with Gasteiger partial charge in [-0.3, -0.25) is 14.6 Å². The molecule has 1 aromatic heterocycles. The number of aromatic nitrogens is 2. The molecule has 0 bridgehead atoms. The summed E-state index contributed by atoms with van der Waals surface area (Å²) >= 11 is 0. The molecule has 100 valence electrons. The molecule has 2 heterocycles. The molecule has 1 N–H and O–H groups in total. The van der Waals surface area contributed by atoms with Crippen LogP contribution in [0.5, 0.6) is 0 Å². The van der Waals surface area contributed by atoms with Crippen molar-refractivity contribution >= 4 is 5.97 Å². The summed E-state index contributed by atoms with van der Waals surface area (Å²) < 4.78 is 2.02.